The van der Waals surface area contributed by atoms with Gasteiger partial charge in [0.1, 0.15) is 0 Å². The highest BCUT2D eigenvalue weighted by molar-refractivity contribution is 7.73. The lowest BCUT2D eigenvalue weighted by Gasteiger charge is -2.25. The first-order chi connectivity index (χ1) is 11.9. The average molecular weight is 333 g/mol. The molecule has 2 heteroatoms. The van der Waals surface area contributed by atoms with Crippen LogP contribution in [0.5, 0.6) is 0 Å². The fourth-order valence-electron chi connectivity index (χ4n) is 2.95. The summed E-state index contributed by atoms with van der Waals surface area (Å²) in [6.45, 7) is 0. The predicted molar refractivity (Wildman–Crippen MR) is 107 cm³/mol. The van der Waals surface area contributed by atoms with Crippen molar-refractivity contribution in [3.05, 3.63) is 96.6 Å². The van der Waals surface area contributed by atoms with E-state index in [-0.39, 0.29) is 7.92 Å². The minimum atomic E-state index is -0.355. The zero-order chi connectivity index (χ0) is 16.6. The quantitative estimate of drug-likeness (QED) is 0.646. The molecule has 0 amide bonds. The lowest BCUT2D eigenvalue weighted by atomic mass is 10.1. The van der Waals surface area contributed by atoms with Crippen LogP contribution in [0.3, 0.4) is 0 Å². The first-order valence-electron chi connectivity index (χ1n) is 8.45. The van der Waals surface area contributed by atoms with Crippen molar-refractivity contribution >= 4 is 18.5 Å². The highest BCUT2D eigenvalue weighted by Gasteiger charge is 2.18. The van der Waals surface area contributed by atoms with Gasteiger partial charge in [-0.1, -0.05) is 91.0 Å². The molecule has 0 aromatic heterocycles. The zero-order valence-corrected chi connectivity index (χ0v) is 15.0. The second kappa shape index (κ2) is 8.78. The van der Waals surface area contributed by atoms with Gasteiger partial charge in [0, 0.05) is 6.04 Å². The Hall–Kier alpha value is -1.95. The van der Waals surface area contributed by atoms with Crippen LogP contribution in [-0.4, -0.2) is 19.3 Å². The summed E-state index contributed by atoms with van der Waals surface area (Å²) in [5.41, 5.74) is 1.40. The lowest BCUT2D eigenvalue weighted by molar-refractivity contribution is 0.615. The Morgan fingerprint density at radius 3 is 1.62 bits per heavy atom. The van der Waals surface area contributed by atoms with Gasteiger partial charge in [0.15, 0.2) is 0 Å². The minimum absolute atomic E-state index is 0.355. The Bertz CT molecular complexity index is 673. The van der Waals surface area contributed by atoms with Crippen LogP contribution in [-0.2, 0) is 6.42 Å². The van der Waals surface area contributed by atoms with Crippen LogP contribution in [0.15, 0.2) is 91.0 Å². The van der Waals surface area contributed by atoms with Gasteiger partial charge in [0.2, 0.25) is 0 Å². The molecule has 0 heterocycles. The van der Waals surface area contributed by atoms with Crippen LogP contribution in [0.4, 0.5) is 0 Å². The molecule has 24 heavy (non-hydrogen) atoms. The van der Waals surface area contributed by atoms with Crippen molar-refractivity contribution in [3.63, 3.8) is 0 Å². The van der Waals surface area contributed by atoms with E-state index in [4.69, 9.17) is 0 Å². The smallest absolute Gasteiger partial charge is 0.0150 e. The van der Waals surface area contributed by atoms with Gasteiger partial charge in [0.25, 0.3) is 0 Å². The van der Waals surface area contributed by atoms with Crippen LogP contribution in [0.25, 0.3) is 0 Å². The van der Waals surface area contributed by atoms with Gasteiger partial charge in [-0.15, -0.1) is 0 Å². The first kappa shape index (κ1) is 16.9. The molecule has 1 nitrogen and oxygen atoms in total. The third-order valence-corrected chi connectivity index (χ3v) is 6.92. The molecule has 1 atom stereocenters. The second-order valence-electron chi connectivity index (χ2n) is 5.96. The SMILES string of the molecule is CN[C@H](Cc1ccccc1)CP(c1ccccc1)c1ccccc1. The van der Waals surface area contributed by atoms with Gasteiger partial charge in [-0.3, -0.25) is 0 Å². The predicted octanol–water partition coefficient (Wildman–Crippen LogP) is 3.95. The monoisotopic (exact) mass is 333 g/mol. The second-order valence-corrected chi connectivity index (χ2v) is 8.21. The molecule has 0 aliphatic rings. The summed E-state index contributed by atoms with van der Waals surface area (Å²) in [5, 5.41) is 6.44. The van der Waals surface area contributed by atoms with Gasteiger partial charge >= 0.3 is 0 Å². The molecule has 1 N–H and O–H groups in total. The Morgan fingerprint density at radius 1 is 0.708 bits per heavy atom. The van der Waals surface area contributed by atoms with Crippen LogP contribution in [0.2, 0.25) is 0 Å². The summed E-state index contributed by atoms with van der Waals surface area (Å²) in [6, 6.07) is 33.1. The maximum atomic E-state index is 3.54. The van der Waals surface area contributed by atoms with Crippen molar-refractivity contribution in [1.82, 2.24) is 5.32 Å². The number of nitrogens with one attached hydrogen (secondary N) is 1. The summed E-state index contributed by atoms with van der Waals surface area (Å²) in [5.74, 6) is 0. The zero-order valence-electron chi connectivity index (χ0n) is 14.1. The highest BCUT2D eigenvalue weighted by Crippen LogP contribution is 2.34. The standard InChI is InChI=1S/C22H24NP/c1-23-20(17-19-11-5-2-6-12-19)18-24(21-13-7-3-8-14-21)22-15-9-4-10-16-22/h2-16,20,23H,17-18H2,1H3/t20-/m1/s1. The average Bonchev–Trinajstić information content (AvgIpc) is 2.67. The molecule has 3 rings (SSSR count). The van der Waals surface area contributed by atoms with E-state index in [2.05, 4.69) is 103 Å². The van der Waals surface area contributed by atoms with Gasteiger partial charge in [-0.05, 0) is 43.7 Å². The number of rotatable bonds is 7. The fraction of sp³-hybridized carbons (Fsp3) is 0.182. The molecule has 0 bridgehead atoms. The number of likely N-dealkylation sites (N-methyl/N-ethyl adjacent to an activating group) is 1. The van der Waals surface area contributed by atoms with Crippen molar-refractivity contribution in [1.29, 1.82) is 0 Å². The Labute approximate surface area is 146 Å². The number of benzene rings is 3. The molecule has 0 aliphatic carbocycles. The lowest BCUT2D eigenvalue weighted by Crippen LogP contribution is -2.33. The van der Waals surface area contributed by atoms with E-state index in [0.717, 1.165) is 12.6 Å². The Morgan fingerprint density at radius 2 is 1.17 bits per heavy atom. The normalized spacial score (nSPS) is 12.2. The van der Waals surface area contributed by atoms with Crippen molar-refractivity contribution in [2.24, 2.45) is 0 Å². The van der Waals surface area contributed by atoms with E-state index in [1.165, 1.54) is 16.2 Å². The van der Waals surface area contributed by atoms with Crippen LogP contribution >= 0.6 is 7.92 Å². The van der Waals surface area contributed by atoms with Gasteiger partial charge in [0.05, 0.1) is 0 Å². The van der Waals surface area contributed by atoms with E-state index in [1.807, 2.05) is 0 Å². The Kier molecular flexibility index (Phi) is 6.18. The summed E-state index contributed by atoms with van der Waals surface area (Å²) in [4.78, 5) is 0. The summed E-state index contributed by atoms with van der Waals surface area (Å²) >= 11 is 0. The summed E-state index contributed by atoms with van der Waals surface area (Å²) in [7, 11) is 1.73. The third kappa shape index (κ3) is 4.54. The third-order valence-electron chi connectivity index (χ3n) is 4.27. The molecule has 3 aromatic carbocycles. The molecule has 0 fully saturated rings. The summed E-state index contributed by atoms with van der Waals surface area (Å²) in [6.07, 6.45) is 2.21. The molecule has 0 saturated heterocycles. The largest absolute Gasteiger partial charge is 0.316 e. The van der Waals surface area contributed by atoms with Crippen molar-refractivity contribution in [2.75, 3.05) is 13.2 Å². The van der Waals surface area contributed by atoms with E-state index >= 15 is 0 Å². The molecule has 0 unspecified atom stereocenters. The first-order valence-corrected chi connectivity index (χ1v) is 9.98. The summed E-state index contributed by atoms with van der Waals surface area (Å²) < 4.78 is 0. The van der Waals surface area contributed by atoms with Gasteiger partial charge in [-0.25, -0.2) is 0 Å². The fourth-order valence-corrected chi connectivity index (χ4v) is 5.49. The molecular weight excluding hydrogens is 309 g/mol. The van der Waals surface area contributed by atoms with Gasteiger partial charge < -0.3 is 5.32 Å². The van der Waals surface area contributed by atoms with Crippen LogP contribution in [0.1, 0.15) is 5.56 Å². The maximum Gasteiger partial charge on any atom is 0.0150 e. The van der Waals surface area contributed by atoms with Crippen LogP contribution in [0, 0.1) is 0 Å². The van der Waals surface area contributed by atoms with E-state index in [0.29, 0.717) is 6.04 Å². The van der Waals surface area contributed by atoms with Crippen molar-refractivity contribution in [3.8, 4) is 0 Å². The van der Waals surface area contributed by atoms with Crippen molar-refractivity contribution in [2.45, 2.75) is 12.5 Å². The minimum Gasteiger partial charge on any atom is -0.316 e. The highest BCUT2D eigenvalue weighted by atomic mass is 31.1. The number of hydrogen-bond donors (Lipinski definition) is 1. The molecule has 122 valence electrons. The van der Waals surface area contributed by atoms with E-state index in [9.17, 15) is 0 Å². The van der Waals surface area contributed by atoms with E-state index < -0.39 is 0 Å². The molecule has 0 radical (unpaired) electrons. The van der Waals surface area contributed by atoms with Gasteiger partial charge in [-0.2, -0.15) is 0 Å². The van der Waals surface area contributed by atoms with Crippen LogP contribution < -0.4 is 15.9 Å². The van der Waals surface area contributed by atoms with Crippen molar-refractivity contribution < 1.29 is 0 Å². The molecule has 0 aliphatic heterocycles. The topological polar surface area (TPSA) is 12.0 Å². The molecule has 3 aromatic rings. The molecule has 0 spiro atoms. The molecular formula is C22H24NP. The number of hydrogen-bond acceptors (Lipinski definition) is 1. The Balaban J connectivity index is 1.83. The van der Waals surface area contributed by atoms with E-state index in [1.54, 1.807) is 0 Å². The maximum absolute atomic E-state index is 3.54. The molecule has 0 saturated carbocycles.